The minimum absolute atomic E-state index is 0.104. The van der Waals surface area contributed by atoms with Crippen LogP contribution in [-0.4, -0.2) is 16.1 Å². The van der Waals surface area contributed by atoms with Crippen molar-refractivity contribution in [3.05, 3.63) is 59.0 Å². The van der Waals surface area contributed by atoms with Crippen molar-refractivity contribution in [2.45, 2.75) is 10.8 Å². The van der Waals surface area contributed by atoms with E-state index in [4.69, 9.17) is 10.4 Å². The summed E-state index contributed by atoms with van der Waals surface area (Å²) in [5.41, 5.74) is 0.918. The normalized spacial score (nSPS) is 10.0. The lowest BCUT2D eigenvalue weighted by molar-refractivity contribution is 0.0696. The molecule has 0 saturated carbocycles. The van der Waals surface area contributed by atoms with Crippen molar-refractivity contribution in [1.82, 2.24) is 4.98 Å². The molecule has 0 amide bonds. The molecule has 1 aromatic carbocycles. The first-order valence-electron chi connectivity index (χ1n) is 5.61. The molecule has 0 saturated heterocycles. The molecule has 1 N–H and O–H groups in total. The van der Waals surface area contributed by atoms with Crippen LogP contribution in [0.3, 0.4) is 0 Å². The predicted molar refractivity (Wildman–Crippen MR) is 71.9 cm³/mol. The molecule has 0 aliphatic carbocycles. The van der Waals surface area contributed by atoms with E-state index in [2.05, 4.69) is 4.98 Å². The van der Waals surface area contributed by atoms with E-state index in [1.54, 1.807) is 6.07 Å². The van der Waals surface area contributed by atoms with E-state index in [1.165, 1.54) is 42.2 Å². The number of hydrogen-bond donors (Lipinski definition) is 1. The van der Waals surface area contributed by atoms with Crippen molar-refractivity contribution in [3.8, 4) is 6.07 Å². The number of halogens is 1. The number of aromatic nitrogens is 1. The SMILES string of the molecule is N#Cc1ccc(F)c(CSc2ccc(C(=O)O)cn2)c1. The van der Waals surface area contributed by atoms with Crippen molar-refractivity contribution in [2.75, 3.05) is 0 Å². The van der Waals surface area contributed by atoms with Gasteiger partial charge in [-0.3, -0.25) is 0 Å². The van der Waals surface area contributed by atoms with E-state index in [0.29, 0.717) is 21.9 Å². The van der Waals surface area contributed by atoms with Gasteiger partial charge in [0.05, 0.1) is 22.2 Å². The second-order valence-corrected chi connectivity index (χ2v) is 4.89. The van der Waals surface area contributed by atoms with Crippen LogP contribution in [-0.2, 0) is 5.75 Å². The molecule has 1 aromatic heterocycles. The maximum absolute atomic E-state index is 13.6. The Balaban J connectivity index is 2.09. The number of aromatic carboxylic acids is 1. The van der Waals surface area contributed by atoms with Gasteiger partial charge in [0.1, 0.15) is 5.82 Å². The highest BCUT2D eigenvalue weighted by atomic mass is 32.2. The summed E-state index contributed by atoms with van der Waals surface area (Å²) in [5.74, 6) is -1.10. The first-order chi connectivity index (χ1) is 9.60. The lowest BCUT2D eigenvalue weighted by atomic mass is 10.1. The number of nitrogens with zero attached hydrogens (tertiary/aromatic N) is 2. The van der Waals surface area contributed by atoms with Crippen LogP contribution in [0.15, 0.2) is 41.6 Å². The summed E-state index contributed by atoms with van der Waals surface area (Å²) in [7, 11) is 0. The first kappa shape index (κ1) is 14.0. The molecule has 4 nitrogen and oxygen atoms in total. The monoisotopic (exact) mass is 288 g/mol. The second kappa shape index (κ2) is 6.17. The molecule has 0 fully saturated rings. The van der Waals surface area contributed by atoms with Crippen LogP contribution in [0.2, 0.25) is 0 Å². The molecule has 20 heavy (non-hydrogen) atoms. The maximum atomic E-state index is 13.6. The maximum Gasteiger partial charge on any atom is 0.337 e. The molecule has 6 heteroatoms. The topological polar surface area (TPSA) is 74.0 Å². The van der Waals surface area contributed by atoms with Gasteiger partial charge in [0, 0.05) is 11.9 Å². The summed E-state index contributed by atoms with van der Waals surface area (Å²) in [5, 5.41) is 18.1. The van der Waals surface area contributed by atoms with Crippen molar-refractivity contribution in [1.29, 1.82) is 5.26 Å². The Kier molecular flexibility index (Phi) is 4.33. The van der Waals surface area contributed by atoms with Crippen LogP contribution < -0.4 is 0 Å². The van der Waals surface area contributed by atoms with Gasteiger partial charge in [0.25, 0.3) is 0 Å². The molecule has 2 aromatic rings. The van der Waals surface area contributed by atoms with Crippen LogP contribution in [0.5, 0.6) is 0 Å². The van der Waals surface area contributed by atoms with Gasteiger partial charge in [-0.1, -0.05) is 0 Å². The number of benzene rings is 1. The van der Waals surface area contributed by atoms with E-state index in [1.807, 2.05) is 6.07 Å². The molecule has 0 aliphatic rings. The molecule has 0 radical (unpaired) electrons. The first-order valence-corrected chi connectivity index (χ1v) is 6.59. The number of hydrogen-bond acceptors (Lipinski definition) is 4. The fourth-order valence-corrected chi connectivity index (χ4v) is 2.31. The highest BCUT2D eigenvalue weighted by molar-refractivity contribution is 7.98. The van der Waals surface area contributed by atoms with E-state index >= 15 is 0 Å². The quantitative estimate of drug-likeness (QED) is 0.875. The summed E-state index contributed by atoms with van der Waals surface area (Å²) in [4.78, 5) is 14.7. The minimum Gasteiger partial charge on any atom is -0.478 e. The zero-order chi connectivity index (χ0) is 14.5. The molecule has 0 bridgehead atoms. The summed E-state index contributed by atoms with van der Waals surface area (Å²) < 4.78 is 13.6. The summed E-state index contributed by atoms with van der Waals surface area (Å²) in [6.07, 6.45) is 1.26. The van der Waals surface area contributed by atoms with Gasteiger partial charge in [-0.15, -0.1) is 11.8 Å². The molecule has 100 valence electrons. The van der Waals surface area contributed by atoms with Crippen molar-refractivity contribution in [3.63, 3.8) is 0 Å². The highest BCUT2D eigenvalue weighted by Gasteiger charge is 2.07. The van der Waals surface area contributed by atoms with E-state index < -0.39 is 5.97 Å². The zero-order valence-corrected chi connectivity index (χ0v) is 11.0. The van der Waals surface area contributed by atoms with Crippen molar-refractivity contribution < 1.29 is 14.3 Å². The third-order valence-corrected chi connectivity index (χ3v) is 3.53. The van der Waals surface area contributed by atoms with Crippen LogP contribution >= 0.6 is 11.8 Å². The number of rotatable bonds is 4. The number of carbonyl (C=O) groups is 1. The molecule has 1 heterocycles. The van der Waals surface area contributed by atoms with Crippen molar-refractivity contribution in [2.24, 2.45) is 0 Å². The zero-order valence-electron chi connectivity index (χ0n) is 10.2. The summed E-state index contributed by atoms with van der Waals surface area (Å²) >= 11 is 1.27. The molecule has 0 spiro atoms. The smallest absolute Gasteiger partial charge is 0.337 e. The van der Waals surface area contributed by atoms with E-state index in [-0.39, 0.29) is 11.4 Å². The lowest BCUT2D eigenvalue weighted by Gasteiger charge is -2.04. The molecular weight excluding hydrogens is 279 g/mol. The van der Waals surface area contributed by atoms with Gasteiger partial charge in [-0.05, 0) is 35.9 Å². The fraction of sp³-hybridized carbons (Fsp3) is 0.0714. The largest absolute Gasteiger partial charge is 0.478 e. The Labute approximate surface area is 118 Å². The van der Waals surface area contributed by atoms with Gasteiger partial charge < -0.3 is 5.11 Å². The standard InChI is InChI=1S/C14H9FN2O2S/c15-12-3-1-9(6-16)5-11(12)8-20-13-4-2-10(7-17-13)14(18)19/h1-5,7H,8H2,(H,18,19). The average molecular weight is 288 g/mol. The molecule has 0 aliphatic heterocycles. The summed E-state index contributed by atoms with van der Waals surface area (Å²) in [6, 6.07) is 9.14. The molecule has 0 atom stereocenters. The third-order valence-electron chi connectivity index (χ3n) is 2.53. The molecular formula is C14H9FN2O2S. The van der Waals surface area contributed by atoms with Gasteiger partial charge >= 0.3 is 5.97 Å². The number of nitriles is 1. The number of pyridine rings is 1. The Morgan fingerprint density at radius 2 is 2.20 bits per heavy atom. The van der Waals surface area contributed by atoms with Crippen LogP contribution in [0.4, 0.5) is 4.39 Å². The number of carboxylic acid groups (broad SMARTS) is 1. The van der Waals surface area contributed by atoms with Gasteiger partial charge in [-0.25, -0.2) is 14.2 Å². The lowest BCUT2D eigenvalue weighted by Crippen LogP contribution is -1.97. The Bertz CT molecular complexity index is 681. The minimum atomic E-state index is -1.04. The number of thioether (sulfide) groups is 1. The van der Waals surface area contributed by atoms with Crippen LogP contribution in [0.25, 0.3) is 0 Å². The van der Waals surface area contributed by atoms with Crippen molar-refractivity contribution >= 4 is 17.7 Å². The van der Waals surface area contributed by atoms with Gasteiger partial charge in [-0.2, -0.15) is 5.26 Å². The average Bonchev–Trinajstić information content (AvgIpc) is 2.47. The summed E-state index contributed by atoms with van der Waals surface area (Å²) in [6.45, 7) is 0. The molecule has 2 rings (SSSR count). The van der Waals surface area contributed by atoms with Gasteiger partial charge in [0.15, 0.2) is 0 Å². The van der Waals surface area contributed by atoms with Crippen LogP contribution in [0.1, 0.15) is 21.5 Å². The van der Waals surface area contributed by atoms with E-state index in [9.17, 15) is 9.18 Å². The fourth-order valence-electron chi connectivity index (χ4n) is 1.50. The molecule has 0 unspecified atom stereocenters. The Morgan fingerprint density at radius 3 is 2.80 bits per heavy atom. The van der Waals surface area contributed by atoms with Crippen LogP contribution in [0, 0.1) is 17.1 Å². The Hall–Kier alpha value is -2.39. The van der Waals surface area contributed by atoms with Gasteiger partial charge in [0.2, 0.25) is 0 Å². The predicted octanol–water partition coefficient (Wildman–Crippen LogP) is 3.08. The Morgan fingerprint density at radius 1 is 1.40 bits per heavy atom. The van der Waals surface area contributed by atoms with E-state index in [0.717, 1.165) is 0 Å². The third kappa shape index (κ3) is 3.33. The highest BCUT2D eigenvalue weighted by Crippen LogP contribution is 2.23. The second-order valence-electron chi connectivity index (χ2n) is 3.90. The number of carboxylic acids is 1.